The Hall–Kier alpha value is -4.34. The molecule has 242 valence electrons. The van der Waals surface area contributed by atoms with Crippen molar-refractivity contribution in [1.29, 1.82) is 0 Å². The number of ether oxygens (including phenoxy) is 1. The van der Waals surface area contributed by atoms with Crippen molar-refractivity contribution in [3.63, 3.8) is 0 Å². The Morgan fingerprint density at radius 1 is 0.826 bits per heavy atom. The minimum absolute atomic E-state index is 0.00926. The second-order valence-electron chi connectivity index (χ2n) is 10.7. The molecule has 0 unspecified atom stereocenters. The average Bonchev–Trinajstić information content (AvgIpc) is 3.07. The molecule has 46 heavy (non-hydrogen) atoms. The second kappa shape index (κ2) is 16.8. The van der Waals surface area contributed by atoms with Crippen LogP contribution in [-0.2, 0) is 32.6 Å². The highest BCUT2D eigenvalue weighted by molar-refractivity contribution is 7.92. The van der Waals surface area contributed by atoms with Crippen LogP contribution in [0.4, 0.5) is 5.69 Å². The summed E-state index contributed by atoms with van der Waals surface area (Å²) in [4.78, 5) is 29.8. The molecule has 0 radical (unpaired) electrons. The monoisotopic (exact) mass is 661 g/mol. The minimum Gasteiger partial charge on any atom is -0.494 e. The van der Waals surface area contributed by atoms with Crippen LogP contribution in [0.2, 0.25) is 5.02 Å². The van der Waals surface area contributed by atoms with Gasteiger partial charge in [0.15, 0.2) is 0 Å². The molecule has 0 aliphatic heterocycles. The molecule has 0 spiro atoms. The number of carbonyl (C=O) groups excluding carboxylic acids is 2. The number of amides is 2. The highest BCUT2D eigenvalue weighted by atomic mass is 35.5. The molecular formula is C36H40ClN3O5S. The molecule has 0 saturated carbocycles. The Morgan fingerprint density at radius 2 is 1.46 bits per heavy atom. The van der Waals surface area contributed by atoms with Crippen molar-refractivity contribution in [3.8, 4) is 5.75 Å². The van der Waals surface area contributed by atoms with Crippen molar-refractivity contribution in [2.24, 2.45) is 0 Å². The van der Waals surface area contributed by atoms with E-state index >= 15 is 0 Å². The Balaban J connectivity index is 1.75. The van der Waals surface area contributed by atoms with Crippen molar-refractivity contribution in [3.05, 3.63) is 125 Å². The lowest BCUT2D eigenvalue weighted by molar-refractivity contribution is -0.140. The van der Waals surface area contributed by atoms with Crippen LogP contribution in [0.25, 0.3) is 0 Å². The zero-order valence-electron chi connectivity index (χ0n) is 26.1. The molecule has 0 aliphatic carbocycles. The Morgan fingerprint density at radius 3 is 2.07 bits per heavy atom. The quantitative estimate of drug-likeness (QED) is 0.139. The third kappa shape index (κ3) is 9.34. The standard InChI is InChI=1S/C36H40ClN3O5S/c1-3-5-24-38-36(42)34(25-28-12-8-6-9-13-28)39(26-29-16-18-30(37)19-17-29)35(41)27-40(31-14-10-7-11-15-31)46(43,44)33-22-20-32(21-23-33)45-4-2/h6-23,34H,3-5,24-27H2,1-2H3,(H,38,42)/t34-/m1/s1. The van der Waals surface area contributed by atoms with E-state index in [1.165, 1.54) is 17.0 Å². The smallest absolute Gasteiger partial charge is 0.264 e. The fraction of sp³-hybridized carbons (Fsp3) is 0.278. The molecule has 2 amide bonds. The number of hydrogen-bond donors (Lipinski definition) is 1. The molecule has 0 heterocycles. The van der Waals surface area contributed by atoms with Crippen molar-refractivity contribution >= 4 is 39.1 Å². The molecule has 1 atom stereocenters. The van der Waals surface area contributed by atoms with Crippen molar-refractivity contribution in [2.75, 3.05) is 24.0 Å². The summed E-state index contributed by atoms with van der Waals surface area (Å²) >= 11 is 6.15. The van der Waals surface area contributed by atoms with E-state index in [0.29, 0.717) is 29.6 Å². The van der Waals surface area contributed by atoms with Gasteiger partial charge < -0.3 is 15.0 Å². The number of para-hydroxylation sites is 1. The van der Waals surface area contributed by atoms with Gasteiger partial charge in [-0.1, -0.05) is 85.6 Å². The predicted molar refractivity (Wildman–Crippen MR) is 182 cm³/mol. The number of rotatable bonds is 16. The molecule has 4 rings (SSSR count). The minimum atomic E-state index is -4.20. The average molecular weight is 662 g/mol. The molecule has 4 aromatic carbocycles. The van der Waals surface area contributed by atoms with Gasteiger partial charge in [-0.05, 0) is 73.0 Å². The van der Waals surface area contributed by atoms with Crippen molar-refractivity contribution in [2.45, 2.75) is 50.6 Å². The number of benzene rings is 4. The first kappa shape index (κ1) is 34.5. The van der Waals surface area contributed by atoms with Gasteiger partial charge in [-0.2, -0.15) is 0 Å². The Bertz CT molecular complexity index is 1650. The first-order chi connectivity index (χ1) is 22.2. The molecule has 0 aromatic heterocycles. The maximum absolute atomic E-state index is 14.5. The van der Waals surface area contributed by atoms with Crippen LogP contribution < -0.4 is 14.4 Å². The summed E-state index contributed by atoms with van der Waals surface area (Å²) < 4.78 is 34.9. The zero-order valence-corrected chi connectivity index (χ0v) is 27.7. The van der Waals surface area contributed by atoms with Gasteiger partial charge in [0, 0.05) is 24.5 Å². The topological polar surface area (TPSA) is 96.0 Å². The van der Waals surface area contributed by atoms with Crippen LogP contribution >= 0.6 is 11.6 Å². The number of nitrogens with zero attached hydrogens (tertiary/aromatic N) is 2. The number of anilines is 1. The molecule has 4 aromatic rings. The summed E-state index contributed by atoms with van der Waals surface area (Å²) in [5.41, 5.74) is 1.94. The third-order valence-corrected chi connectivity index (χ3v) is 9.45. The number of nitrogens with one attached hydrogen (secondary N) is 1. The van der Waals surface area contributed by atoms with Crippen LogP contribution in [0.3, 0.4) is 0 Å². The molecule has 0 saturated heterocycles. The summed E-state index contributed by atoms with van der Waals surface area (Å²) in [5.74, 6) is -0.295. The third-order valence-electron chi connectivity index (χ3n) is 7.41. The van der Waals surface area contributed by atoms with Crippen molar-refractivity contribution in [1.82, 2.24) is 10.2 Å². The van der Waals surface area contributed by atoms with E-state index in [1.807, 2.05) is 44.2 Å². The SMILES string of the molecule is CCCCNC(=O)[C@@H](Cc1ccccc1)N(Cc1ccc(Cl)cc1)C(=O)CN(c1ccccc1)S(=O)(=O)c1ccc(OCC)cc1. The molecular weight excluding hydrogens is 622 g/mol. The normalized spacial score (nSPS) is 11.8. The van der Waals surface area contributed by atoms with Gasteiger partial charge in [0.1, 0.15) is 18.3 Å². The van der Waals surface area contributed by atoms with E-state index in [9.17, 15) is 18.0 Å². The predicted octanol–water partition coefficient (Wildman–Crippen LogP) is 6.49. The van der Waals surface area contributed by atoms with Gasteiger partial charge >= 0.3 is 0 Å². The van der Waals surface area contributed by atoms with Crippen LogP contribution in [-0.4, -0.2) is 50.9 Å². The number of halogens is 1. The number of sulfonamides is 1. The van der Waals surface area contributed by atoms with Gasteiger partial charge in [0.05, 0.1) is 17.2 Å². The highest BCUT2D eigenvalue weighted by Crippen LogP contribution is 2.26. The van der Waals surface area contributed by atoms with Gasteiger partial charge in [0.25, 0.3) is 10.0 Å². The lowest BCUT2D eigenvalue weighted by Gasteiger charge is -2.34. The molecule has 8 nitrogen and oxygen atoms in total. The Kier molecular flexibility index (Phi) is 12.6. The van der Waals surface area contributed by atoms with Gasteiger partial charge in [-0.3, -0.25) is 13.9 Å². The van der Waals surface area contributed by atoms with E-state index in [2.05, 4.69) is 5.32 Å². The summed E-state index contributed by atoms with van der Waals surface area (Å²) in [6.45, 7) is 4.33. The zero-order chi connectivity index (χ0) is 32.9. The van der Waals surface area contributed by atoms with Crippen LogP contribution in [0.5, 0.6) is 5.75 Å². The fourth-order valence-corrected chi connectivity index (χ4v) is 6.51. The number of carbonyl (C=O) groups is 2. The molecule has 0 fully saturated rings. The Labute approximate surface area is 277 Å². The lowest BCUT2D eigenvalue weighted by Crippen LogP contribution is -2.53. The van der Waals surface area contributed by atoms with Gasteiger partial charge in [0.2, 0.25) is 11.8 Å². The number of unbranched alkanes of at least 4 members (excludes halogenated alkanes) is 1. The van der Waals surface area contributed by atoms with Crippen LogP contribution in [0.1, 0.15) is 37.8 Å². The summed E-state index contributed by atoms with van der Waals surface area (Å²) in [7, 11) is -4.20. The van der Waals surface area contributed by atoms with Crippen LogP contribution in [0, 0.1) is 0 Å². The largest absolute Gasteiger partial charge is 0.494 e. The van der Waals surface area contributed by atoms with E-state index in [1.54, 1.807) is 66.7 Å². The first-order valence-electron chi connectivity index (χ1n) is 15.4. The van der Waals surface area contributed by atoms with E-state index in [0.717, 1.165) is 28.3 Å². The highest BCUT2D eigenvalue weighted by Gasteiger charge is 2.34. The van der Waals surface area contributed by atoms with E-state index in [-0.39, 0.29) is 23.8 Å². The maximum Gasteiger partial charge on any atom is 0.264 e. The molecule has 0 aliphatic rings. The van der Waals surface area contributed by atoms with Crippen LogP contribution in [0.15, 0.2) is 114 Å². The summed E-state index contributed by atoms with van der Waals surface area (Å²) in [6, 6.07) is 30.2. The molecule has 0 bridgehead atoms. The molecule has 1 N–H and O–H groups in total. The summed E-state index contributed by atoms with van der Waals surface area (Å²) in [5, 5.41) is 3.53. The van der Waals surface area contributed by atoms with Gasteiger partial charge in [-0.15, -0.1) is 0 Å². The van der Waals surface area contributed by atoms with E-state index < -0.39 is 28.5 Å². The maximum atomic E-state index is 14.5. The summed E-state index contributed by atoms with van der Waals surface area (Å²) in [6.07, 6.45) is 1.93. The van der Waals surface area contributed by atoms with Gasteiger partial charge in [-0.25, -0.2) is 8.42 Å². The van der Waals surface area contributed by atoms with Crippen molar-refractivity contribution < 1.29 is 22.7 Å². The molecule has 10 heteroatoms. The second-order valence-corrected chi connectivity index (χ2v) is 13.0. The van der Waals surface area contributed by atoms with E-state index in [4.69, 9.17) is 16.3 Å². The lowest BCUT2D eigenvalue weighted by atomic mass is 10.0. The number of hydrogen-bond acceptors (Lipinski definition) is 5. The first-order valence-corrected chi connectivity index (χ1v) is 17.2. The fourth-order valence-electron chi connectivity index (χ4n) is 4.97.